The number of hydrogen-bond donors (Lipinski definition) is 2. The van der Waals surface area contributed by atoms with Crippen LogP contribution in [0.2, 0.25) is 0 Å². The molecular formula is C26H22BrFN2O2. The fraction of sp³-hybridized carbons (Fsp3) is 0.192. The Morgan fingerprint density at radius 3 is 2.50 bits per heavy atom. The highest BCUT2D eigenvalue weighted by atomic mass is 79.9. The highest BCUT2D eigenvalue weighted by Gasteiger charge is 2.37. The maximum Gasteiger partial charge on any atom is 0.163 e. The van der Waals surface area contributed by atoms with E-state index in [1.165, 1.54) is 6.07 Å². The van der Waals surface area contributed by atoms with Crippen LogP contribution in [0.15, 0.2) is 82.5 Å². The molecule has 0 unspecified atom stereocenters. The normalized spacial score (nSPS) is 19.9. The SMILES string of the molecule is COc1ccc([C@@H]2CC(=O)C3=C(C2)Nc2ccccc2N[C@H]3c2cc(Br)ccc2F)cc1. The lowest BCUT2D eigenvalue weighted by molar-refractivity contribution is -0.116. The number of anilines is 2. The number of rotatable bonds is 3. The Hall–Kier alpha value is -3.12. The van der Waals surface area contributed by atoms with Gasteiger partial charge in [-0.3, -0.25) is 4.79 Å². The first-order valence-electron chi connectivity index (χ1n) is 10.5. The Morgan fingerprint density at radius 2 is 1.75 bits per heavy atom. The molecular weight excluding hydrogens is 471 g/mol. The van der Waals surface area contributed by atoms with Gasteiger partial charge in [0.05, 0.1) is 24.5 Å². The van der Waals surface area contributed by atoms with Crippen LogP contribution >= 0.6 is 15.9 Å². The number of halogens is 2. The van der Waals surface area contributed by atoms with Crippen molar-refractivity contribution in [2.45, 2.75) is 24.8 Å². The van der Waals surface area contributed by atoms with E-state index in [2.05, 4.69) is 26.6 Å². The number of carbonyl (C=O) groups excluding carboxylic acids is 1. The van der Waals surface area contributed by atoms with Crippen LogP contribution in [0.25, 0.3) is 0 Å². The molecule has 2 aliphatic rings. The van der Waals surface area contributed by atoms with Gasteiger partial charge in [0.25, 0.3) is 0 Å². The fourth-order valence-electron chi connectivity index (χ4n) is 4.57. The summed E-state index contributed by atoms with van der Waals surface area (Å²) < 4.78 is 21.0. The maximum absolute atomic E-state index is 14.9. The maximum atomic E-state index is 14.9. The van der Waals surface area contributed by atoms with Crippen molar-refractivity contribution in [2.24, 2.45) is 0 Å². The minimum absolute atomic E-state index is 0.0178. The summed E-state index contributed by atoms with van der Waals surface area (Å²) in [5.74, 6) is 0.496. The van der Waals surface area contributed by atoms with Crippen molar-refractivity contribution in [3.05, 3.63) is 99.4 Å². The Balaban J connectivity index is 1.61. The number of ether oxygens (including phenoxy) is 1. The van der Waals surface area contributed by atoms with Gasteiger partial charge < -0.3 is 15.4 Å². The van der Waals surface area contributed by atoms with Gasteiger partial charge in [-0.05, 0) is 60.4 Å². The number of ketones is 1. The van der Waals surface area contributed by atoms with Gasteiger partial charge in [0.15, 0.2) is 5.78 Å². The van der Waals surface area contributed by atoms with Crippen LogP contribution in [-0.4, -0.2) is 12.9 Å². The zero-order chi connectivity index (χ0) is 22.2. The van der Waals surface area contributed by atoms with E-state index in [0.29, 0.717) is 24.0 Å². The molecule has 1 aliphatic heterocycles. The van der Waals surface area contributed by atoms with E-state index in [0.717, 1.165) is 32.9 Å². The number of benzene rings is 3. The summed E-state index contributed by atoms with van der Waals surface area (Å²) in [6.07, 6.45) is 1.03. The molecule has 1 heterocycles. The third-order valence-electron chi connectivity index (χ3n) is 6.17. The van der Waals surface area contributed by atoms with Crippen LogP contribution < -0.4 is 15.4 Å². The summed E-state index contributed by atoms with van der Waals surface area (Å²) in [6, 6.07) is 19.9. The number of Topliss-reactive ketones (excluding diaryl/α,β-unsaturated/α-hetero) is 1. The summed E-state index contributed by atoms with van der Waals surface area (Å²) in [5, 5.41) is 6.91. The van der Waals surface area contributed by atoms with Crippen molar-refractivity contribution < 1.29 is 13.9 Å². The summed E-state index contributed by atoms with van der Waals surface area (Å²) in [5.41, 5.74) is 4.68. The molecule has 0 aromatic heterocycles. The van der Waals surface area contributed by atoms with Crippen molar-refractivity contribution in [3.8, 4) is 5.75 Å². The van der Waals surface area contributed by atoms with Gasteiger partial charge in [-0.15, -0.1) is 0 Å². The third-order valence-corrected chi connectivity index (χ3v) is 6.66. The minimum atomic E-state index is -0.581. The molecule has 5 rings (SSSR count). The molecule has 1 aliphatic carbocycles. The molecule has 3 aromatic rings. The molecule has 3 aromatic carbocycles. The van der Waals surface area contributed by atoms with Gasteiger partial charge in [0.2, 0.25) is 0 Å². The minimum Gasteiger partial charge on any atom is -0.497 e. The monoisotopic (exact) mass is 492 g/mol. The van der Waals surface area contributed by atoms with Crippen molar-refractivity contribution in [3.63, 3.8) is 0 Å². The fourth-order valence-corrected chi connectivity index (χ4v) is 4.95. The summed E-state index contributed by atoms with van der Waals surface area (Å²) in [4.78, 5) is 13.5. The van der Waals surface area contributed by atoms with Crippen LogP contribution in [0.5, 0.6) is 5.75 Å². The molecule has 0 bridgehead atoms. The average molecular weight is 493 g/mol. The van der Waals surface area contributed by atoms with Gasteiger partial charge in [0.1, 0.15) is 11.6 Å². The summed E-state index contributed by atoms with van der Waals surface area (Å²) in [6.45, 7) is 0. The molecule has 2 N–H and O–H groups in total. The number of hydrogen-bond acceptors (Lipinski definition) is 4. The number of allylic oxidation sites excluding steroid dienone is 1. The number of para-hydroxylation sites is 2. The van der Waals surface area contributed by atoms with Crippen LogP contribution in [0.3, 0.4) is 0 Å². The average Bonchev–Trinajstić information content (AvgIpc) is 2.97. The van der Waals surface area contributed by atoms with Crippen LogP contribution in [0.1, 0.15) is 35.9 Å². The molecule has 162 valence electrons. The second-order valence-corrected chi connectivity index (χ2v) is 9.02. The topological polar surface area (TPSA) is 50.4 Å². The van der Waals surface area contributed by atoms with Gasteiger partial charge in [0, 0.05) is 27.7 Å². The molecule has 0 spiro atoms. The Bertz CT molecular complexity index is 1220. The van der Waals surface area contributed by atoms with Crippen molar-refractivity contribution >= 4 is 33.1 Å². The van der Waals surface area contributed by atoms with E-state index in [-0.39, 0.29) is 17.5 Å². The van der Waals surface area contributed by atoms with E-state index < -0.39 is 6.04 Å². The molecule has 32 heavy (non-hydrogen) atoms. The Kier molecular flexibility index (Phi) is 5.47. The molecule has 0 saturated heterocycles. The summed E-state index contributed by atoms with van der Waals surface area (Å²) >= 11 is 3.45. The van der Waals surface area contributed by atoms with E-state index in [4.69, 9.17) is 4.74 Å². The molecule has 0 amide bonds. The second-order valence-electron chi connectivity index (χ2n) is 8.11. The van der Waals surface area contributed by atoms with Crippen molar-refractivity contribution in [1.29, 1.82) is 0 Å². The van der Waals surface area contributed by atoms with Crippen LogP contribution in [-0.2, 0) is 4.79 Å². The van der Waals surface area contributed by atoms with Gasteiger partial charge in [-0.2, -0.15) is 0 Å². The predicted octanol–water partition coefficient (Wildman–Crippen LogP) is 6.58. The molecule has 0 fully saturated rings. The standard InChI is InChI=1S/C26H22BrFN2O2/c1-32-18-9-6-15(7-10-18)16-12-23-25(24(31)13-16)26(19-14-17(27)8-11-20(19)28)30-22-5-3-2-4-21(22)29-23/h2-11,14,16,26,29-30H,12-13H2,1H3/t16-,26-/m0/s1. The van der Waals surface area contributed by atoms with E-state index >= 15 is 0 Å². The van der Waals surface area contributed by atoms with Gasteiger partial charge in [-0.25, -0.2) is 4.39 Å². The summed E-state index contributed by atoms with van der Waals surface area (Å²) in [7, 11) is 1.64. The van der Waals surface area contributed by atoms with Gasteiger partial charge in [-0.1, -0.05) is 40.2 Å². The van der Waals surface area contributed by atoms with E-state index in [1.807, 2.05) is 48.5 Å². The highest BCUT2D eigenvalue weighted by molar-refractivity contribution is 9.10. The largest absolute Gasteiger partial charge is 0.497 e. The molecule has 4 nitrogen and oxygen atoms in total. The molecule has 6 heteroatoms. The number of carbonyl (C=O) groups is 1. The number of nitrogens with one attached hydrogen (secondary N) is 2. The first kappa shape index (κ1) is 20.8. The van der Waals surface area contributed by atoms with E-state index in [9.17, 15) is 9.18 Å². The lowest BCUT2D eigenvalue weighted by Gasteiger charge is -2.30. The molecule has 0 saturated carbocycles. The number of methoxy groups -OCH3 is 1. The van der Waals surface area contributed by atoms with Gasteiger partial charge >= 0.3 is 0 Å². The van der Waals surface area contributed by atoms with Crippen molar-refractivity contribution in [1.82, 2.24) is 0 Å². The zero-order valence-corrected chi connectivity index (χ0v) is 19.1. The molecule has 2 atom stereocenters. The Labute approximate surface area is 194 Å². The van der Waals surface area contributed by atoms with Crippen LogP contribution in [0.4, 0.5) is 15.8 Å². The lowest BCUT2D eigenvalue weighted by atomic mass is 9.78. The smallest absolute Gasteiger partial charge is 0.163 e. The first-order valence-corrected chi connectivity index (χ1v) is 11.3. The zero-order valence-electron chi connectivity index (χ0n) is 17.5. The second kappa shape index (κ2) is 8.43. The number of fused-ring (bicyclic) bond motifs is 1. The first-order chi connectivity index (χ1) is 15.5. The predicted molar refractivity (Wildman–Crippen MR) is 128 cm³/mol. The quantitative estimate of drug-likeness (QED) is 0.433. The molecule has 0 radical (unpaired) electrons. The van der Waals surface area contributed by atoms with E-state index in [1.54, 1.807) is 19.2 Å². The Morgan fingerprint density at radius 1 is 1.00 bits per heavy atom. The van der Waals surface area contributed by atoms with Crippen LogP contribution in [0, 0.1) is 5.82 Å². The van der Waals surface area contributed by atoms with Crippen molar-refractivity contribution in [2.75, 3.05) is 17.7 Å². The lowest BCUT2D eigenvalue weighted by Crippen LogP contribution is -2.27. The third kappa shape index (κ3) is 3.79. The highest BCUT2D eigenvalue weighted by Crippen LogP contribution is 2.45.